The molecule has 1 heterocycles. The van der Waals surface area contributed by atoms with E-state index in [9.17, 15) is 4.79 Å². The van der Waals surface area contributed by atoms with Gasteiger partial charge >= 0.3 is 6.09 Å². The molecule has 0 aliphatic carbocycles. The Hall–Kier alpha value is -0.770. The van der Waals surface area contributed by atoms with Crippen molar-refractivity contribution in [3.8, 4) is 0 Å². The molecule has 0 aromatic carbocycles. The lowest BCUT2D eigenvalue weighted by Crippen LogP contribution is -2.57. The molecule has 1 aliphatic heterocycles. The van der Waals surface area contributed by atoms with Crippen molar-refractivity contribution in [2.24, 2.45) is 0 Å². The predicted octanol–water partition coefficient (Wildman–Crippen LogP) is 1.99. The highest BCUT2D eigenvalue weighted by atomic mass is 16.6. The topological polar surface area (TPSA) is 41.6 Å². The minimum Gasteiger partial charge on any atom is -0.444 e. The molecule has 1 saturated heterocycles. The normalized spacial score (nSPS) is 26.7. The summed E-state index contributed by atoms with van der Waals surface area (Å²) in [6.07, 6.45) is 0.836. The van der Waals surface area contributed by atoms with E-state index in [0.717, 1.165) is 19.5 Å². The first-order valence-corrected chi connectivity index (χ1v) is 6.05. The number of amides is 1. The molecule has 0 spiro atoms. The summed E-state index contributed by atoms with van der Waals surface area (Å²) in [5.74, 6) is 0. The first kappa shape index (κ1) is 13.3. The molecule has 0 saturated carbocycles. The van der Waals surface area contributed by atoms with Crippen LogP contribution in [0.3, 0.4) is 0 Å². The molecule has 2 atom stereocenters. The van der Waals surface area contributed by atoms with E-state index < -0.39 is 5.60 Å². The fourth-order valence-electron chi connectivity index (χ4n) is 1.90. The first-order chi connectivity index (χ1) is 7.31. The van der Waals surface area contributed by atoms with Crippen molar-refractivity contribution in [3.05, 3.63) is 0 Å². The third-order valence-corrected chi connectivity index (χ3v) is 2.60. The van der Waals surface area contributed by atoms with Crippen LogP contribution < -0.4 is 5.32 Å². The molecule has 1 amide bonds. The number of carbonyl (C=O) groups is 1. The molecule has 0 aromatic heterocycles. The van der Waals surface area contributed by atoms with Gasteiger partial charge in [-0.25, -0.2) is 4.79 Å². The summed E-state index contributed by atoms with van der Waals surface area (Å²) in [5, 5.41) is 3.46. The van der Waals surface area contributed by atoms with Crippen LogP contribution in [0.4, 0.5) is 4.79 Å². The Kier molecular flexibility index (Phi) is 4.19. The van der Waals surface area contributed by atoms with Gasteiger partial charge in [-0.15, -0.1) is 0 Å². The molecular formula is C12H24N2O2. The lowest BCUT2D eigenvalue weighted by Gasteiger charge is -2.37. The second-order valence-corrected chi connectivity index (χ2v) is 5.56. The van der Waals surface area contributed by atoms with E-state index in [-0.39, 0.29) is 6.09 Å². The number of nitrogens with zero attached hydrogens (tertiary/aromatic N) is 1. The van der Waals surface area contributed by atoms with Crippen LogP contribution in [0.2, 0.25) is 0 Å². The number of rotatable bonds is 1. The Morgan fingerprint density at radius 1 is 1.44 bits per heavy atom. The molecular weight excluding hydrogens is 204 g/mol. The molecule has 0 aromatic rings. The number of hydrogen-bond donors (Lipinski definition) is 1. The quantitative estimate of drug-likeness (QED) is 0.746. The summed E-state index contributed by atoms with van der Waals surface area (Å²) in [5.41, 5.74) is -0.410. The SMILES string of the molecule is CC[C@H]1CN(C(=O)OC(C)(C)C)C[C@@H](C)N1. The number of carbonyl (C=O) groups excluding carboxylic acids is 1. The van der Waals surface area contributed by atoms with Gasteiger partial charge in [0, 0.05) is 25.2 Å². The van der Waals surface area contributed by atoms with Gasteiger partial charge in [-0.3, -0.25) is 0 Å². The zero-order chi connectivity index (χ0) is 12.3. The van der Waals surface area contributed by atoms with E-state index in [2.05, 4.69) is 19.2 Å². The standard InChI is InChI=1S/C12H24N2O2/c1-6-10-8-14(7-9(2)13-10)11(15)16-12(3,4)5/h9-10,13H,6-8H2,1-5H3/t9-,10+/m1/s1. The Morgan fingerprint density at radius 2 is 2.06 bits per heavy atom. The molecule has 0 unspecified atom stereocenters. The van der Waals surface area contributed by atoms with Crippen LogP contribution >= 0.6 is 0 Å². The molecule has 16 heavy (non-hydrogen) atoms. The maximum atomic E-state index is 11.9. The Bertz CT molecular complexity index is 248. The van der Waals surface area contributed by atoms with Crippen molar-refractivity contribution in [1.29, 1.82) is 0 Å². The van der Waals surface area contributed by atoms with Crippen LogP contribution in [0.25, 0.3) is 0 Å². The molecule has 1 fully saturated rings. The summed E-state index contributed by atoms with van der Waals surface area (Å²) >= 11 is 0. The third-order valence-electron chi connectivity index (χ3n) is 2.60. The Labute approximate surface area is 98.3 Å². The summed E-state index contributed by atoms with van der Waals surface area (Å²) in [6.45, 7) is 11.4. The van der Waals surface area contributed by atoms with Gasteiger partial charge in [0.2, 0.25) is 0 Å². The lowest BCUT2D eigenvalue weighted by atomic mass is 10.1. The molecule has 1 aliphatic rings. The summed E-state index contributed by atoms with van der Waals surface area (Å²) < 4.78 is 5.38. The molecule has 1 rings (SSSR count). The predicted molar refractivity (Wildman–Crippen MR) is 64.5 cm³/mol. The summed E-state index contributed by atoms with van der Waals surface area (Å²) in [4.78, 5) is 13.7. The van der Waals surface area contributed by atoms with E-state index in [4.69, 9.17) is 4.74 Å². The Morgan fingerprint density at radius 3 is 2.56 bits per heavy atom. The van der Waals surface area contributed by atoms with Crippen LogP contribution in [-0.4, -0.2) is 41.8 Å². The molecule has 4 heteroatoms. The smallest absolute Gasteiger partial charge is 0.410 e. The molecule has 0 bridgehead atoms. The van der Waals surface area contributed by atoms with Gasteiger partial charge < -0.3 is 15.0 Å². The van der Waals surface area contributed by atoms with Crippen LogP contribution in [-0.2, 0) is 4.74 Å². The molecule has 94 valence electrons. The number of piperazine rings is 1. The van der Waals surface area contributed by atoms with Gasteiger partial charge in [-0.2, -0.15) is 0 Å². The first-order valence-electron chi connectivity index (χ1n) is 6.05. The van der Waals surface area contributed by atoms with Gasteiger partial charge in [0.15, 0.2) is 0 Å². The van der Waals surface area contributed by atoms with Gasteiger partial charge in [-0.1, -0.05) is 6.92 Å². The van der Waals surface area contributed by atoms with Gasteiger partial charge in [-0.05, 0) is 34.1 Å². The average molecular weight is 228 g/mol. The van der Waals surface area contributed by atoms with E-state index in [1.165, 1.54) is 0 Å². The van der Waals surface area contributed by atoms with Gasteiger partial charge in [0.1, 0.15) is 5.60 Å². The Balaban J connectivity index is 2.55. The third kappa shape index (κ3) is 4.00. The highest BCUT2D eigenvalue weighted by Crippen LogP contribution is 2.13. The van der Waals surface area contributed by atoms with E-state index in [1.807, 2.05) is 20.8 Å². The van der Waals surface area contributed by atoms with Crippen molar-refractivity contribution in [1.82, 2.24) is 10.2 Å². The van der Waals surface area contributed by atoms with Gasteiger partial charge in [0.25, 0.3) is 0 Å². The highest BCUT2D eigenvalue weighted by Gasteiger charge is 2.29. The van der Waals surface area contributed by atoms with Crippen LogP contribution in [0.15, 0.2) is 0 Å². The van der Waals surface area contributed by atoms with Crippen molar-refractivity contribution in [3.63, 3.8) is 0 Å². The van der Waals surface area contributed by atoms with Gasteiger partial charge in [0.05, 0.1) is 0 Å². The van der Waals surface area contributed by atoms with Crippen molar-refractivity contribution in [2.75, 3.05) is 13.1 Å². The van der Waals surface area contributed by atoms with Crippen molar-refractivity contribution in [2.45, 2.75) is 58.7 Å². The summed E-state index contributed by atoms with van der Waals surface area (Å²) in [7, 11) is 0. The molecule has 0 radical (unpaired) electrons. The number of nitrogens with one attached hydrogen (secondary N) is 1. The second-order valence-electron chi connectivity index (χ2n) is 5.56. The minimum absolute atomic E-state index is 0.195. The van der Waals surface area contributed by atoms with Crippen molar-refractivity contribution >= 4 is 6.09 Å². The number of hydrogen-bond acceptors (Lipinski definition) is 3. The van der Waals surface area contributed by atoms with E-state index >= 15 is 0 Å². The van der Waals surface area contributed by atoms with E-state index in [0.29, 0.717) is 12.1 Å². The highest BCUT2D eigenvalue weighted by molar-refractivity contribution is 5.68. The minimum atomic E-state index is -0.410. The van der Waals surface area contributed by atoms with Crippen LogP contribution in [0, 0.1) is 0 Å². The zero-order valence-electron chi connectivity index (χ0n) is 11.0. The maximum Gasteiger partial charge on any atom is 0.410 e. The molecule has 1 N–H and O–H groups in total. The van der Waals surface area contributed by atoms with Crippen LogP contribution in [0.5, 0.6) is 0 Å². The average Bonchev–Trinajstić information content (AvgIpc) is 2.14. The molecule has 4 nitrogen and oxygen atoms in total. The maximum absolute atomic E-state index is 11.9. The van der Waals surface area contributed by atoms with E-state index in [1.54, 1.807) is 4.90 Å². The van der Waals surface area contributed by atoms with Crippen LogP contribution in [0.1, 0.15) is 41.0 Å². The lowest BCUT2D eigenvalue weighted by molar-refractivity contribution is 0.0158. The summed E-state index contributed by atoms with van der Waals surface area (Å²) in [6, 6.07) is 0.725. The zero-order valence-corrected chi connectivity index (χ0v) is 11.0. The number of ether oxygens (including phenoxy) is 1. The largest absolute Gasteiger partial charge is 0.444 e. The fourth-order valence-corrected chi connectivity index (χ4v) is 1.90. The van der Waals surface area contributed by atoms with Crippen molar-refractivity contribution < 1.29 is 9.53 Å². The second kappa shape index (κ2) is 5.04. The monoisotopic (exact) mass is 228 g/mol. The fraction of sp³-hybridized carbons (Fsp3) is 0.917.